The summed E-state index contributed by atoms with van der Waals surface area (Å²) in [6.45, 7) is 5.54. The first-order chi connectivity index (χ1) is 7.66. The van der Waals surface area contributed by atoms with Gasteiger partial charge in [-0.05, 0) is 18.8 Å². The molecule has 0 saturated carbocycles. The van der Waals surface area contributed by atoms with Crippen LogP contribution < -0.4 is 0 Å². The van der Waals surface area contributed by atoms with E-state index in [-0.39, 0.29) is 11.8 Å². The molecule has 0 bridgehead atoms. The van der Waals surface area contributed by atoms with Gasteiger partial charge >= 0.3 is 0 Å². The highest BCUT2D eigenvalue weighted by molar-refractivity contribution is 5.78. The molecule has 0 spiro atoms. The van der Waals surface area contributed by atoms with Gasteiger partial charge in [0.15, 0.2) is 0 Å². The van der Waals surface area contributed by atoms with Gasteiger partial charge in [0.2, 0.25) is 11.8 Å². The van der Waals surface area contributed by atoms with Gasteiger partial charge in [-0.1, -0.05) is 6.92 Å². The second-order valence-corrected chi connectivity index (χ2v) is 4.99. The molecule has 2 fully saturated rings. The molecule has 2 rings (SSSR count). The average Bonchev–Trinajstić information content (AvgIpc) is 2.79. The highest BCUT2D eigenvalue weighted by Gasteiger charge is 2.25. The fourth-order valence-corrected chi connectivity index (χ4v) is 2.60. The summed E-state index contributed by atoms with van der Waals surface area (Å²) in [5.41, 5.74) is 0. The molecule has 2 saturated heterocycles. The number of hydrogen-bond donors (Lipinski definition) is 0. The molecule has 2 aliphatic heterocycles. The van der Waals surface area contributed by atoms with Crippen molar-refractivity contribution in [2.24, 2.45) is 5.92 Å². The topological polar surface area (TPSA) is 40.6 Å². The number of carbonyl (C=O) groups is 2. The largest absolute Gasteiger partial charge is 0.342 e. The van der Waals surface area contributed by atoms with E-state index in [1.165, 1.54) is 0 Å². The third-order valence-corrected chi connectivity index (χ3v) is 3.41. The van der Waals surface area contributed by atoms with Gasteiger partial charge in [-0.15, -0.1) is 0 Å². The lowest BCUT2D eigenvalue weighted by Crippen LogP contribution is -2.36. The van der Waals surface area contributed by atoms with E-state index in [9.17, 15) is 9.59 Å². The highest BCUT2D eigenvalue weighted by Crippen LogP contribution is 2.15. The fourth-order valence-electron chi connectivity index (χ4n) is 2.60. The Kier molecular flexibility index (Phi) is 3.46. The monoisotopic (exact) mass is 224 g/mol. The summed E-state index contributed by atoms with van der Waals surface area (Å²) in [6.07, 6.45) is 3.40. The van der Waals surface area contributed by atoms with Gasteiger partial charge in [0, 0.05) is 39.0 Å². The van der Waals surface area contributed by atoms with Gasteiger partial charge in [0.25, 0.3) is 0 Å². The molecule has 0 aromatic heterocycles. The lowest BCUT2D eigenvalue weighted by atomic mass is 10.1. The zero-order valence-electron chi connectivity index (χ0n) is 9.95. The highest BCUT2D eigenvalue weighted by atomic mass is 16.2. The predicted molar refractivity (Wildman–Crippen MR) is 60.8 cm³/mol. The van der Waals surface area contributed by atoms with E-state index in [4.69, 9.17) is 0 Å². The molecule has 0 N–H and O–H groups in total. The smallest absolute Gasteiger partial charge is 0.222 e. The molecule has 0 aromatic carbocycles. The lowest BCUT2D eigenvalue weighted by molar-refractivity contribution is -0.129. The third-order valence-electron chi connectivity index (χ3n) is 3.41. The van der Waals surface area contributed by atoms with Crippen LogP contribution in [0.5, 0.6) is 0 Å². The van der Waals surface area contributed by atoms with E-state index in [1.54, 1.807) is 0 Å². The van der Waals surface area contributed by atoms with Crippen LogP contribution in [0, 0.1) is 5.92 Å². The Balaban J connectivity index is 1.77. The van der Waals surface area contributed by atoms with Crippen LogP contribution in [-0.4, -0.2) is 47.8 Å². The first kappa shape index (κ1) is 11.4. The Morgan fingerprint density at radius 2 is 1.44 bits per heavy atom. The molecule has 16 heavy (non-hydrogen) atoms. The molecule has 2 aliphatic rings. The molecule has 0 aromatic rings. The predicted octanol–water partition coefficient (Wildman–Crippen LogP) is 0.867. The fraction of sp³-hybridized carbons (Fsp3) is 0.833. The average molecular weight is 224 g/mol. The summed E-state index contributed by atoms with van der Waals surface area (Å²) in [5, 5.41) is 0. The van der Waals surface area contributed by atoms with Gasteiger partial charge in [0.05, 0.1) is 0 Å². The minimum atomic E-state index is 0.277. The van der Waals surface area contributed by atoms with Gasteiger partial charge in [-0.25, -0.2) is 0 Å². The van der Waals surface area contributed by atoms with E-state index in [0.29, 0.717) is 18.8 Å². The van der Waals surface area contributed by atoms with Gasteiger partial charge in [0.1, 0.15) is 0 Å². The zero-order valence-corrected chi connectivity index (χ0v) is 9.95. The van der Waals surface area contributed by atoms with Crippen molar-refractivity contribution < 1.29 is 9.59 Å². The summed E-state index contributed by atoms with van der Waals surface area (Å²) < 4.78 is 0. The maximum atomic E-state index is 11.5. The van der Waals surface area contributed by atoms with Crippen molar-refractivity contribution in [3.8, 4) is 0 Å². The normalized spacial score (nSPS) is 21.6. The maximum absolute atomic E-state index is 11.5. The molecule has 0 aliphatic carbocycles. The Morgan fingerprint density at radius 3 is 1.75 bits per heavy atom. The van der Waals surface area contributed by atoms with Crippen molar-refractivity contribution in [3.63, 3.8) is 0 Å². The van der Waals surface area contributed by atoms with Crippen molar-refractivity contribution in [2.75, 3.05) is 26.2 Å². The van der Waals surface area contributed by atoms with Gasteiger partial charge in [-0.2, -0.15) is 0 Å². The Hall–Kier alpha value is -1.06. The second kappa shape index (κ2) is 4.85. The molecule has 0 radical (unpaired) electrons. The molecule has 4 heteroatoms. The second-order valence-electron chi connectivity index (χ2n) is 4.99. The molecule has 2 heterocycles. The van der Waals surface area contributed by atoms with Crippen molar-refractivity contribution >= 4 is 11.8 Å². The molecule has 2 amide bonds. The van der Waals surface area contributed by atoms with Crippen LogP contribution in [0.2, 0.25) is 0 Å². The summed E-state index contributed by atoms with van der Waals surface area (Å²) in [4.78, 5) is 26.8. The molecule has 90 valence electrons. The van der Waals surface area contributed by atoms with Crippen molar-refractivity contribution in [1.82, 2.24) is 9.80 Å². The number of hydrogen-bond acceptors (Lipinski definition) is 2. The lowest BCUT2D eigenvalue weighted by Gasteiger charge is -2.25. The number of rotatable bonds is 4. The summed E-state index contributed by atoms with van der Waals surface area (Å²) in [6, 6.07) is 0. The van der Waals surface area contributed by atoms with Crippen LogP contribution >= 0.6 is 0 Å². The number of carbonyl (C=O) groups excluding carboxylic acids is 2. The van der Waals surface area contributed by atoms with Crippen LogP contribution in [0.4, 0.5) is 0 Å². The first-order valence-corrected chi connectivity index (χ1v) is 6.22. The van der Waals surface area contributed by atoms with E-state index in [1.807, 2.05) is 9.80 Å². The Bertz CT molecular complexity index is 263. The van der Waals surface area contributed by atoms with Crippen LogP contribution in [0.15, 0.2) is 0 Å². The molecular weight excluding hydrogens is 204 g/mol. The number of amides is 2. The van der Waals surface area contributed by atoms with Crippen LogP contribution in [0.1, 0.15) is 32.6 Å². The summed E-state index contributed by atoms with van der Waals surface area (Å²) in [7, 11) is 0. The van der Waals surface area contributed by atoms with E-state index in [0.717, 1.165) is 39.0 Å². The quantitative estimate of drug-likeness (QED) is 0.711. The van der Waals surface area contributed by atoms with Gasteiger partial charge in [-0.3, -0.25) is 9.59 Å². The summed E-state index contributed by atoms with van der Waals surface area (Å²) in [5.74, 6) is 0.947. The minimum Gasteiger partial charge on any atom is -0.342 e. The standard InChI is InChI=1S/C12H20N2O2/c1-10(8-13-6-2-4-11(13)15)9-14-7-3-5-12(14)16/h10H,2-9H2,1H3. The first-order valence-electron chi connectivity index (χ1n) is 6.22. The third kappa shape index (κ3) is 2.54. The Labute approximate surface area is 96.6 Å². The molecule has 0 unspecified atom stereocenters. The molecule has 4 nitrogen and oxygen atoms in total. The van der Waals surface area contributed by atoms with Crippen LogP contribution in [-0.2, 0) is 9.59 Å². The summed E-state index contributed by atoms with van der Waals surface area (Å²) >= 11 is 0. The Morgan fingerprint density at radius 1 is 1.00 bits per heavy atom. The van der Waals surface area contributed by atoms with E-state index < -0.39 is 0 Å². The van der Waals surface area contributed by atoms with Crippen molar-refractivity contribution in [2.45, 2.75) is 32.6 Å². The molecular formula is C12H20N2O2. The van der Waals surface area contributed by atoms with Gasteiger partial charge < -0.3 is 9.80 Å². The van der Waals surface area contributed by atoms with E-state index in [2.05, 4.69) is 6.92 Å². The maximum Gasteiger partial charge on any atom is 0.222 e. The van der Waals surface area contributed by atoms with Crippen molar-refractivity contribution in [3.05, 3.63) is 0 Å². The van der Waals surface area contributed by atoms with Crippen LogP contribution in [0.3, 0.4) is 0 Å². The minimum absolute atomic E-state index is 0.277. The van der Waals surface area contributed by atoms with Crippen molar-refractivity contribution in [1.29, 1.82) is 0 Å². The van der Waals surface area contributed by atoms with Crippen LogP contribution in [0.25, 0.3) is 0 Å². The number of nitrogens with zero attached hydrogens (tertiary/aromatic N) is 2. The van der Waals surface area contributed by atoms with E-state index >= 15 is 0 Å². The number of likely N-dealkylation sites (tertiary alicyclic amines) is 2. The molecule has 0 atom stereocenters. The SMILES string of the molecule is CC(CN1CCCC1=O)CN1CCCC1=O. The zero-order chi connectivity index (χ0) is 11.5.